The Kier molecular flexibility index (Phi) is 3.97. The van der Waals surface area contributed by atoms with Crippen molar-refractivity contribution in [2.45, 2.75) is 39.9 Å². The molecule has 0 amide bonds. The summed E-state index contributed by atoms with van der Waals surface area (Å²) in [7, 11) is 1.68. The average molecular weight is 357 g/mol. The molecule has 0 unspecified atom stereocenters. The molecule has 4 rings (SSSR count). The number of hydrogen-bond donors (Lipinski definition) is 0. The highest BCUT2D eigenvalue weighted by Crippen LogP contribution is 2.25. The fourth-order valence-corrected chi connectivity index (χ4v) is 3.60. The number of anilines is 1. The highest BCUT2D eigenvalue weighted by Gasteiger charge is 2.26. The largest absolute Gasteiger partial charge is 0.467 e. The van der Waals surface area contributed by atoms with Crippen molar-refractivity contribution in [1.82, 2.24) is 18.7 Å². The third-order valence-electron chi connectivity index (χ3n) is 4.78. The van der Waals surface area contributed by atoms with E-state index in [9.17, 15) is 9.59 Å². The van der Waals surface area contributed by atoms with Crippen LogP contribution in [0.5, 0.6) is 0 Å². The topological polar surface area (TPSA) is 78.2 Å². The molecular formula is C18H23N5O3. The molecule has 8 nitrogen and oxygen atoms in total. The van der Waals surface area contributed by atoms with E-state index in [4.69, 9.17) is 4.42 Å². The monoisotopic (exact) mass is 357 g/mol. The number of fused-ring (bicyclic) bond motifs is 3. The molecule has 3 aromatic rings. The fourth-order valence-electron chi connectivity index (χ4n) is 3.60. The van der Waals surface area contributed by atoms with E-state index in [1.807, 2.05) is 30.5 Å². The first-order valence-electron chi connectivity index (χ1n) is 8.94. The number of rotatable bonds is 4. The summed E-state index contributed by atoms with van der Waals surface area (Å²) in [6.45, 7) is 6.52. The first kappa shape index (κ1) is 16.7. The van der Waals surface area contributed by atoms with Crippen LogP contribution in [0.3, 0.4) is 0 Å². The lowest BCUT2D eigenvalue weighted by Crippen LogP contribution is -2.41. The predicted octanol–water partition coefficient (Wildman–Crippen LogP) is 1.56. The average Bonchev–Trinajstić information content (AvgIpc) is 3.24. The fraction of sp³-hybridized carbons (Fsp3) is 0.500. The van der Waals surface area contributed by atoms with Crippen molar-refractivity contribution >= 4 is 17.1 Å². The summed E-state index contributed by atoms with van der Waals surface area (Å²) in [6, 6.07) is 3.78. The van der Waals surface area contributed by atoms with E-state index in [1.54, 1.807) is 13.3 Å². The van der Waals surface area contributed by atoms with Crippen LogP contribution in [0, 0.1) is 5.92 Å². The molecule has 0 aromatic carbocycles. The zero-order valence-electron chi connectivity index (χ0n) is 15.3. The molecule has 138 valence electrons. The van der Waals surface area contributed by atoms with Crippen LogP contribution in [0.15, 0.2) is 32.4 Å². The molecule has 8 heteroatoms. The smallest absolute Gasteiger partial charge is 0.332 e. The molecule has 0 bridgehead atoms. The quantitative estimate of drug-likeness (QED) is 0.708. The molecule has 0 aliphatic carbocycles. The molecule has 4 heterocycles. The van der Waals surface area contributed by atoms with Crippen molar-refractivity contribution in [3.63, 3.8) is 0 Å². The number of aryl methyl sites for hydroxylation is 2. The Morgan fingerprint density at radius 1 is 1.27 bits per heavy atom. The molecule has 1 aliphatic heterocycles. The van der Waals surface area contributed by atoms with Gasteiger partial charge in [-0.15, -0.1) is 0 Å². The Bertz CT molecular complexity index is 1060. The van der Waals surface area contributed by atoms with Crippen LogP contribution in [0.4, 0.5) is 5.95 Å². The van der Waals surface area contributed by atoms with Crippen molar-refractivity contribution in [3.8, 4) is 0 Å². The van der Waals surface area contributed by atoms with E-state index in [-0.39, 0.29) is 17.2 Å². The van der Waals surface area contributed by atoms with Crippen LogP contribution in [0.25, 0.3) is 11.2 Å². The van der Waals surface area contributed by atoms with Gasteiger partial charge in [0.15, 0.2) is 11.2 Å². The van der Waals surface area contributed by atoms with Crippen molar-refractivity contribution in [2.24, 2.45) is 13.0 Å². The third kappa shape index (κ3) is 2.56. The van der Waals surface area contributed by atoms with E-state index in [0.29, 0.717) is 24.3 Å². The van der Waals surface area contributed by atoms with Gasteiger partial charge in [-0.3, -0.25) is 13.9 Å². The van der Waals surface area contributed by atoms with Crippen LogP contribution in [-0.4, -0.2) is 25.2 Å². The van der Waals surface area contributed by atoms with Gasteiger partial charge in [0.25, 0.3) is 5.56 Å². The molecule has 0 saturated heterocycles. The summed E-state index contributed by atoms with van der Waals surface area (Å²) >= 11 is 0. The molecule has 3 aromatic heterocycles. The first-order valence-corrected chi connectivity index (χ1v) is 8.94. The van der Waals surface area contributed by atoms with Gasteiger partial charge in [0, 0.05) is 26.7 Å². The number of aromatic nitrogens is 4. The number of furan rings is 1. The molecule has 0 N–H and O–H groups in total. The van der Waals surface area contributed by atoms with E-state index in [2.05, 4.69) is 9.88 Å². The minimum atomic E-state index is -0.316. The van der Waals surface area contributed by atoms with E-state index in [1.165, 1.54) is 9.13 Å². The lowest BCUT2D eigenvalue weighted by Gasteiger charge is -2.28. The molecule has 0 atom stereocenters. The zero-order valence-corrected chi connectivity index (χ0v) is 15.3. The SMILES string of the molecule is CC(C)Cn1c(=O)c2c(nc3n2CCCN3Cc2ccco2)n(C)c1=O. The molecule has 0 radical (unpaired) electrons. The number of nitrogens with zero attached hydrogens (tertiary/aromatic N) is 5. The Morgan fingerprint density at radius 3 is 2.77 bits per heavy atom. The van der Waals surface area contributed by atoms with Crippen molar-refractivity contribution in [3.05, 3.63) is 45.0 Å². The molecule has 0 saturated carbocycles. The van der Waals surface area contributed by atoms with Gasteiger partial charge < -0.3 is 13.9 Å². The minimum Gasteiger partial charge on any atom is -0.467 e. The highest BCUT2D eigenvalue weighted by molar-refractivity contribution is 5.74. The summed E-state index contributed by atoms with van der Waals surface area (Å²) in [5.41, 5.74) is 0.382. The minimum absolute atomic E-state index is 0.206. The van der Waals surface area contributed by atoms with Gasteiger partial charge in [0.05, 0.1) is 12.8 Å². The van der Waals surface area contributed by atoms with Crippen LogP contribution in [0.2, 0.25) is 0 Å². The van der Waals surface area contributed by atoms with Crippen LogP contribution < -0.4 is 16.1 Å². The summed E-state index contributed by atoms with van der Waals surface area (Å²) < 4.78 is 10.2. The normalized spacial score (nSPS) is 14.4. The molecule has 26 heavy (non-hydrogen) atoms. The summed E-state index contributed by atoms with van der Waals surface area (Å²) in [4.78, 5) is 32.4. The van der Waals surface area contributed by atoms with E-state index < -0.39 is 0 Å². The van der Waals surface area contributed by atoms with Crippen LogP contribution in [0.1, 0.15) is 26.0 Å². The Hall–Kier alpha value is -2.77. The van der Waals surface area contributed by atoms with Crippen molar-refractivity contribution in [1.29, 1.82) is 0 Å². The van der Waals surface area contributed by atoms with Gasteiger partial charge >= 0.3 is 5.69 Å². The second-order valence-corrected chi connectivity index (χ2v) is 7.24. The maximum atomic E-state index is 13.0. The molecular weight excluding hydrogens is 334 g/mol. The summed E-state index contributed by atoms with van der Waals surface area (Å²) in [5.74, 6) is 1.77. The summed E-state index contributed by atoms with van der Waals surface area (Å²) in [6.07, 6.45) is 2.56. The van der Waals surface area contributed by atoms with Crippen molar-refractivity contribution < 1.29 is 4.42 Å². The van der Waals surface area contributed by atoms with Gasteiger partial charge in [-0.25, -0.2) is 4.79 Å². The second kappa shape index (κ2) is 6.19. The van der Waals surface area contributed by atoms with Crippen LogP contribution in [-0.2, 0) is 26.7 Å². The molecule has 0 spiro atoms. The van der Waals surface area contributed by atoms with E-state index in [0.717, 1.165) is 31.2 Å². The highest BCUT2D eigenvalue weighted by atomic mass is 16.3. The van der Waals surface area contributed by atoms with Gasteiger partial charge in [0.1, 0.15) is 5.76 Å². The Balaban J connectivity index is 1.90. The summed E-state index contributed by atoms with van der Waals surface area (Å²) in [5, 5.41) is 0. The third-order valence-corrected chi connectivity index (χ3v) is 4.78. The maximum Gasteiger partial charge on any atom is 0.332 e. The van der Waals surface area contributed by atoms with Gasteiger partial charge in [-0.2, -0.15) is 4.98 Å². The van der Waals surface area contributed by atoms with E-state index >= 15 is 0 Å². The number of hydrogen-bond acceptors (Lipinski definition) is 5. The van der Waals surface area contributed by atoms with Gasteiger partial charge in [-0.05, 0) is 24.5 Å². The predicted molar refractivity (Wildman–Crippen MR) is 98.4 cm³/mol. The second-order valence-electron chi connectivity index (χ2n) is 7.24. The molecule has 1 aliphatic rings. The maximum absolute atomic E-state index is 13.0. The number of imidazole rings is 1. The lowest BCUT2D eigenvalue weighted by atomic mass is 10.2. The first-order chi connectivity index (χ1) is 12.5. The Morgan fingerprint density at radius 2 is 2.08 bits per heavy atom. The van der Waals surface area contributed by atoms with Gasteiger partial charge in [-0.1, -0.05) is 13.8 Å². The van der Waals surface area contributed by atoms with Crippen molar-refractivity contribution in [2.75, 3.05) is 11.4 Å². The lowest BCUT2D eigenvalue weighted by molar-refractivity contribution is 0.477. The Labute approximate surface area is 150 Å². The molecule has 0 fully saturated rings. The standard InChI is InChI=1S/C18H23N5O3/c1-12(2)10-23-16(24)14-15(20(3)18(23)25)19-17-21(7-5-8-22(14)17)11-13-6-4-9-26-13/h4,6,9,12H,5,7-8,10-11H2,1-3H3. The zero-order chi connectivity index (χ0) is 18.4. The van der Waals surface area contributed by atoms with Gasteiger partial charge in [0.2, 0.25) is 5.95 Å². The van der Waals surface area contributed by atoms with Crippen LogP contribution >= 0.6 is 0 Å².